The van der Waals surface area contributed by atoms with Gasteiger partial charge in [-0.15, -0.1) is 0 Å². The number of imidazole rings is 1. The van der Waals surface area contributed by atoms with Crippen LogP contribution in [0.15, 0.2) is 42.9 Å². The number of nitrogens with one attached hydrogen (secondary N) is 5. The third kappa shape index (κ3) is 26.4. The quantitative estimate of drug-likeness (QED) is 0.0369. The van der Waals surface area contributed by atoms with Gasteiger partial charge < -0.3 is 66.4 Å². The maximum absolute atomic E-state index is 14.1. The van der Waals surface area contributed by atoms with Crippen molar-refractivity contribution < 1.29 is 67.3 Å². The molecule has 22 nitrogen and oxygen atoms in total. The van der Waals surface area contributed by atoms with Gasteiger partial charge in [0.2, 0.25) is 35.4 Å². The van der Waals surface area contributed by atoms with Gasteiger partial charge in [0, 0.05) is 38.1 Å². The summed E-state index contributed by atoms with van der Waals surface area (Å²) in [6.07, 6.45) is 3.28. The molecular formula is C47H81N8O14P. The van der Waals surface area contributed by atoms with Gasteiger partial charge >= 0.3 is 7.82 Å². The topological polar surface area (TPSA) is 334 Å². The van der Waals surface area contributed by atoms with E-state index in [-0.39, 0.29) is 44.9 Å². The Labute approximate surface area is 412 Å². The van der Waals surface area contributed by atoms with E-state index in [0.717, 1.165) is 32.1 Å². The van der Waals surface area contributed by atoms with E-state index in [1.807, 2.05) is 32.0 Å². The zero-order chi connectivity index (χ0) is 53.2. The Morgan fingerprint density at radius 3 is 1.96 bits per heavy atom. The van der Waals surface area contributed by atoms with Crippen LogP contribution in [-0.2, 0) is 60.2 Å². The Hall–Kier alpha value is -4.80. The molecule has 23 heteroatoms. The number of aromatic nitrogens is 2. The van der Waals surface area contributed by atoms with Gasteiger partial charge in [-0.25, -0.2) is 9.55 Å². The van der Waals surface area contributed by atoms with Crippen LogP contribution in [0.3, 0.4) is 0 Å². The number of aliphatic hydroxyl groups excluding tert-OH is 2. The minimum atomic E-state index is -5.13. The lowest BCUT2D eigenvalue weighted by Crippen LogP contribution is -2.61. The number of rotatable bonds is 32. The lowest BCUT2D eigenvalue weighted by molar-refractivity contribution is -0.144. The van der Waals surface area contributed by atoms with Crippen molar-refractivity contribution in [3.05, 3.63) is 54.1 Å². The van der Waals surface area contributed by atoms with Crippen LogP contribution < -0.4 is 27.0 Å². The minimum Gasteiger partial charge on any atom is -0.396 e. The van der Waals surface area contributed by atoms with Crippen LogP contribution in [0.4, 0.5) is 0 Å². The summed E-state index contributed by atoms with van der Waals surface area (Å²) in [6.45, 7) is 17.4. The van der Waals surface area contributed by atoms with Crippen molar-refractivity contribution in [2.24, 2.45) is 17.6 Å². The fraction of sp³-hybridized carbons (Fsp3) is 0.681. The van der Waals surface area contributed by atoms with Crippen LogP contribution in [-0.4, -0.2) is 151 Å². The molecule has 0 spiro atoms. The van der Waals surface area contributed by atoms with E-state index in [0.29, 0.717) is 18.7 Å². The van der Waals surface area contributed by atoms with E-state index in [1.54, 1.807) is 20.8 Å². The van der Waals surface area contributed by atoms with Gasteiger partial charge in [0.25, 0.3) is 0 Å². The van der Waals surface area contributed by atoms with E-state index in [4.69, 9.17) is 25.0 Å². The maximum atomic E-state index is 14.1. The number of phosphoric ester groups is 1. The molecule has 0 aliphatic rings. The fourth-order valence-corrected chi connectivity index (χ4v) is 7.27. The number of carbonyl (C=O) groups is 6. The largest absolute Gasteiger partial charge is 0.469 e. The Morgan fingerprint density at radius 1 is 0.829 bits per heavy atom. The molecule has 0 saturated heterocycles. The summed E-state index contributed by atoms with van der Waals surface area (Å²) in [6, 6.07) is 2.69. The average molecular weight is 1010 g/mol. The zero-order valence-corrected chi connectivity index (χ0v) is 43.4. The Bertz CT molecular complexity index is 1920. The van der Waals surface area contributed by atoms with Crippen molar-refractivity contribution in [1.29, 1.82) is 0 Å². The molecule has 1 aromatic heterocycles. The number of nitrogens with zero attached hydrogens (tertiary/aromatic N) is 2. The second kappa shape index (κ2) is 32.2. The number of H-pyrrole nitrogens is 1. The van der Waals surface area contributed by atoms with Crippen molar-refractivity contribution in [2.75, 3.05) is 33.0 Å². The smallest absolute Gasteiger partial charge is 0.396 e. The van der Waals surface area contributed by atoms with E-state index >= 15 is 0 Å². The first kappa shape index (κ1) is 63.2. The van der Waals surface area contributed by atoms with Crippen LogP contribution in [0.1, 0.15) is 113 Å². The maximum Gasteiger partial charge on any atom is 0.469 e. The van der Waals surface area contributed by atoms with Gasteiger partial charge in [0.15, 0.2) is 0 Å². The van der Waals surface area contributed by atoms with Crippen LogP contribution >= 0.6 is 7.82 Å². The first-order chi connectivity index (χ1) is 32.7. The van der Waals surface area contributed by atoms with Crippen LogP contribution in [0.2, 0.25) is 0 Å². The zero-order valence-electron chi connectivity index (χ0n) is 42.5. The molecule has 70 heavy (non-hydrogen) atoms. The SMILES string of the molecule is CC(C)C.CC(C)C[C@H](NC(=O)[C@H](C)N(C[C@H](C)OCCCCc1ccccc1)C(=O)CCOC(C)(C)CCO)C(=O)N[C@@H](Cc1cnc[nH]1)C(=O)N[C@@H](CO)C(=O)N[C@H](C(N)=O)C(C)OP(=O)(O)O. The summed E-state index contributed by atoms with van der Waals surface area (Å²) in [5.41, 5.74) is 6.21. The Morgan fingerprint density at radius 2 is 1.41 bits per heavy atom. The highest BCUT2D eigenvalue weighted by Crippen LogP contribution is 2.38. The molecule has 1 unspecified atom stereocenters. The molecule has 11 N–H and O–H groups in total. The molecule has 2 aromatic rings. The van der Waals surface area contributed by atoms with E-state index < -0.39 is 97.9 Å². The second-order valence-corrected chi connectivity index (χ2v) is 20.1. The van der Waals surface area contributed by atoms with Gasteiger partial charge in [-0.2, -0.15) is 0 Å². The molecule has 0 saturated carbocycles. The standard InChI is InChI=1S/C43H71N8O14P.C4H10/c1-27(2)21-33(40(57)48-34(22-32-23-45-26-46-32)41(58)49-35(25-53)42(59)50-37(38(44)55)30(5)65-66(60,61)62)47-39(56)29(4)51(36(54)16-20-64-43(6,7)17-18-52)24-28(3)63-19-12-11-15-31-13-9-8-10-14-31;1-4(2)3/h8-10,13-14,23,26-30,33-35,37,52-53H,11-12,15-22,24-25H2,1-7H3,(H2,44,55)(H,45,46)(H,47,56)(H,48,57)(H,49,58)(H,50,59)(H2,60,61,62);4H,1-3H3/t28-,29-,30?,33-,34-,35-,37-;/m0./s1. The predicted molar refractivity (Wildman–Crippen MR) is 261 cm³/mol. The number of aromatic amines is 1. The number of amides is 6. The van der Waals surface area contributed by atoms with Crippen LogP contribution in [0, 0.1) is 11.8 Å². The third-order valence-corrected chi connectivity index (χ3v) is 11.0. The summed E-state index contributed by atoms with van der Waals surface area (Å²) in [5, 5.41) is 29.3. The van der Waals surface area contributed by atoms with E-state index in [9.17, 15) is 43.5 Å². The van der Waals surface area contributed by atoms with E-state index in [1.165, 1.54) is 29.9 Å². The first-order valence-electron chi connectivity index (χ1n) is 23.7. The van der Waals surface area contributed by atoms with E-state index in [2.05, 4.69) is 68.7 Å². The molecule has 6 amide bonds. The Kier molecular flexibility index (Phi) is 29.1. The molecule has 7 atom stereocenters. The Balaban J connectivity index is 0.00000588. The summed E-state index contributed by atoms with van der Waals surface area (Å²) in [5.74, 6) is -4.61. The van der Waals surface area contributed by atoms with Crippen LogP contribution in [0.5, 0.6) is 0 Å². The van der Waals surface area contributed by atoms with Crippen molar-refractivity contribution in [3.8, 4) is 0 Å². The number of aryl methyl sites for hydroxylation is 1. The number of hydrogen-bond acceptors (Lipinski definition) is 13. The summed E-state index contributed by atoms with van der Waals surface area (Å²) < 4.78 is 27.8. The molecule has 0 bridgehead atoms. The summed E-state index contributed by atoms with van der Waals surface area (Å²) >= 11 is 0. The average Bonchev–Trinajstić information content (AvgIpc) is 3.77. The molecule has 0 aliphatic heterocycles. The van der Waals surface area contributed by atoms with Gasteiger partial charge in [-0.1, -0.05) is 65.0 Å². The monoisotopic (exact) mass is 1010 g/mol. The summed E-state index contributed by atoms with van der Waals surface area (Å²) in [4.78, 5) is 107. The number of carbonyl (C=O) groups excluding carboxylic acids is 6. The molecule has 1 heterocycles. The highest BCUT2D eigenvalue weighted by atomic mass is 31.2. The van der Waals surface area contributed by atoms with Gasteiger partial charge in [0.1, 0.15) is 30.2 Å². The lowest BCUT2D eigenvalue weighted by atomic mass is 10.0. The lowest BCUT2D eigenvalue weighted by Gasteiger charge is -2.33. The normalized spacial score (nSPS) is 14.7. The number of benzene rings is 1. The van der Waals surface area contributed by atoms with Gasteiger partial charge in [-0.3, -0.25) is 33.3 Å². The highest BCUT2D eigenvalue weighted by Gasteiger charge is 2.36. The van der Waals surface area contributed by atoms with Gasteiger partial charge in [-0.05, 0) is 84.1 Å². The molecule has 1 aromatic carbocycles. The number of unbranched alkanes of at least 4 members (excludes halogenated alkanes) is 1. The predicted octanol–water partition coefficient (Wildman–Crippen LogP) is 1.79. The molecule has 2 rings (SSSR count). The fourth-order valence-electron chi connectivity index (χ4n) is 6.72. The van der Waals surface area contributed by atoms with Crippen molar-refractivity contribution in [2.45, 2.75) is 162 Å². The minimum absolute atomic E-state index is 0.0121. The third-order valence-electron chi connectivity index (χ3n) is 10.4. The molecular weight excluding hydrogens is 932 g/mol. The first-order valence-corrected chi connectivity index (χ1v) is 25.3. The van der Waals surface area contributed by atoms with Crippen molar-refractivity contribution >= 4 is 43.3 Å². The number of phosphoric acid groups is 1. The van der Waals surface area contributed by atoms with Crippen molar-refractivity contribution in [1.82, 2.24) is 36.1 Å². The number of hydrogen-bond donors (Lipinski definition) is 10. The number of primary amides is 1. The molecule has 0 radical (unpaired) electrons. The molecule has 0 fully saturated rings. The second-order valence-electron chi connectivity index (χ2n) is 18.9. The summed E-state index contributed by atoms with van der Waals surface area (Å²) in [7, 11) is -5.13. The highest BCUT2D eigenvalue weighted by molar-refractivity contribution is 7.46. The molecule has 398 valence electrons. The number of ether oxygens (including phenoxy) is 2. The number of nitrogens with two attached hydrogens (primary N) is 1. The van der Waals surface area contributed by atoms with Gasteiger partial charge in [0.05, 0.1) is 43.8 Å². The van der Waals surface area contributed by atoms with Crippen LogP contribution in [0.25, 0.3) is 0 Å². The van der Waals surface area contributed by atoms with Crippen molar-refractivity contribution in [3.63, 3.8) is 0 Å². The molecule has 0 aliphatic carbocycles. The number of aliphatic hydroxyl groups is 2.